The molecule has 0 saturated carbocycles. The highest BCUT2D eigenvalue weighted by molar-refractivity contribution is 5.81. The van der Waals surface area contributed by atoms with Crippen molar-refractivity contribution < 1.29 is 33.8 Å². The number of aliphatic carboxylic acids is 2. The van der Waals surface area contributed by atoms with Crippen LogP contribution in [0.15, 0.2) is 12.2 Å². The molecular formula is C12H19NO6. The Morgan fingerprint density at radius 2 is 1.89 bits per heavy atom. The van der Waals surface area contributed by atoms with Crippen LogP contribution in [0.25, 0.3) is 0 Å². The second-order valence-corrected chi connectivity index (χ2v) is 5.11. The lowest BCUT2D eigenvalue weighted by Crippen LogP contribution is -2.45. The maximum atomic E-state index is 11.4. The monoisotopic (exact) mass is 273 g/mol. The van der Waals surface area contributed by atoms with Gasteiger partial charge in [-0.25, -0.2) is 4.79 Å². The molecule has 0 heterocycles. The molecule has 1 unspecified atom stereocenters. The van der Waals surface area contributed by atoms with Gasteiger partial charge in [0.15, 0.2) is 6.10 Å². The largest absolute Gasteiger partial charge is 0.550 e. The van der Waals surface area contributed by atoms with E-state index in [1.165, 1.54) is 0 Å². The number of nitrogens with zero attached hydrogens (tertiary/aromatic N) is 1. The summed E-state index contributed by atoms with van der Waals surface area (Å²) in [4.78, 5) is 32.2. The number of esters is 1. The molecule has 7 nitrogen and oxygen atoms in total. The number of ether oxygens (including phenoxy) is 1. The fourth-order valence-electron chi connectivity index (χ4n) is 1.43. The Hall–Kier alpha value is -1.89. The Morgan fingerprint density at radius 3 is 2.32 bits per heavy atom. The van der Waals surface area contributed by atoms with Gasteiger partial charge in [0, 0.05) is 18.5 Å². The molecule has 0 fully saturated rings. The zero-order valence-corrected chi connectivity index (χ0v) is 11.3. The van der Waals surface area contributed by atoms with Crippen molar-refractivity contribution in [1.82, 2.24) is 0 Å². The summed E-state index contributed by atoms with van der Waals surface area (Å²) < 4.78 is 5.43. The predicted octanol–water partition coefficient (Wildman–Crippen LogP) is -1.22. The number of carbonyl (C=O) groups excluding carboxylic acids is 2. The van der Waals surface area contributed by atoms with Crippen molar-refractivity contribution >= 4 is 17.9 Å². The smallest absolute Gasteiger partial charge is 0.327 e. The van der Waals surface area contributed by atoms with Gasteiger partial charge in [0.05, 0.1) is 27.6 Å². The minimum atomic E-state index is -1.30. The van der Waals surface area contributed by atoms with Crippen LogP contribution in [0.3, 0.4) is 0 Å². The molecule has 0 radical (unpaired) electrons. The maximum Gasteiger partial charge on any atom is 0.327 e. The van der Waals surface area contributed by atoms with E-state index in [1.54, 1.807) is 0 Å². The van der Waals surface area contributed by atoms with Crippen molar-refractivity contribution in [3.8, 4) is 0 Å². The van der Waals surface area contributed by atoms with Gasteiger partial charge in [0.1, 0.15) is 6.54 Å². The van der Waals surface area contributed by atoms with Crippen molar-refractivity contribution in [2.24, 2.45) is 0 Å². The fraction of sp³-hybridized carbons (Fsp3) is 0.583. The average molecular weight is 273 g/mol. The molecule has 1 N–H and O–H groups in total. The Bertz CT molecular complexity index is 369. The molecule has 1 atom stereocenters. The van der Waals surface area contributed by atoms with Gasteiger partial charge >= 0.3 is 11.9 Å². The number of hydrogen-bond acceptors (Lipinski definition) is 5. The first-order chi connectivity index (χ1) is 8.60. The quantitative estimate of drug-likeness (QED) is 0.337. The fourth-order valence-corrected chi connectivity index (χ4v) is 1.43. The summed E-state index contributed by atoms with van der Waals surface area (Å²) in [6.07, 6.45) is 0.578. The van der Waals surface area contributed by atoms with Crippen LogP contribution in [0.1, 0.15) is 12.8 Å². The molecule has 0 amide bonds. The van der Waals surface area contributed by atoms with Crippen LogP contribution in [0.5, 0.6) is 0 Å². The van der Waals surface area contributed by atoms with E-state index in [0.29, 0.717) is 11.0 Å². The molecule has 0 bridgehead atoms. The van der Waals surface area contributed by atoms with Crippen molar-refractivity contribution in [2.45, 2.75) is 18.9 Å². The van der Waals surface area contributed by atoms with Crippen molar-refractivity contribution in [3.63, 3.8) is 0 Å². The van der Waals surface area contributed by atoms with Crippen LogP contribution < -0.4 is 5.11 Å². The van der Waals surface area contributed by atoms with E-state index in [1.807, 2.05) is 21.1 Å². The summed E-state index contributed by atoms with van der Waals surface area (Å²) in [6.45, 7) is 0.322. The minimum Gasteiger partial charge on any atom is -0.550 e. The molecule has 0 aliphatic heterocycles. The van der Waals surface area contributed by atoms with Crippen molar-refractivity contribution in [3.05, 3.63) is 12.2 Å². The van der Waals surface area contributed by atoms with Gasteiger partial charge in [-0.3, -0.25) is 4.79 Å². The van der Waals surface area contributed by atoms with E-state index in [-0.39, 0.29) is 12.8 Å². The highest BCUT2D eigenvalue weighted by atomic mass is 16.5. The molecule has 108 valence electrons. The molecule has 7 heteroatoms. The standard InChI is InChI=1S/C12H19NO6/c1-13(2,3)8-9(7-11(16)17)19-12(18)6-4-5-10(14)15/h4-5,9H,6-8H2,1-3H3,(H-,14,15,16,17)/b5-4+. The SMILES string of the molecule is C[N+](C)(C)CC(CC(=O)[O-])OC(=O)C/C=C/C(=O)O. The van der Waals surface area contributed by atoms with Crippen LogP contribution in [-0.2, 0) is 19.1 Å². The van der Waals surface area contributed by atoms with E-state index in [0.717, 1.165) is 12.2 Å². The molecular weight excluding hydrogens is 254 g/mol. The first-order valence-corrected chi connectivity index (χ1v) is 5.69. The third-order valence-electron chi connectivity index (χ3n) is 1.99. The van der Waals surface area contributed by atoms with Gasteiger partial charge in [0.25, 0.3) is 0 Å². The summed E-state index contributed by atoms with van der Waals surface area (Å²) in [5.41, 5.74) is 0. The van der Waals surface area contributed by atoms with Crippen LogP contribution >= 0.6 is 0 Å². The van der Waals surface area contributed by atoms with Crippen LogP contribution in [0, 0.1) is 0 Å². The normalized spacial score (nSPS) is 13.2. The molecule has 0 spiro atoms. The Balaban J connectivity index is 4.42. The molecule has 0 saturated heterocycles. The molecule has 0 aromatic carbocycles. The minimum absolute atomic E-state index is 0.215. The van der Waals surface area contributed by atoms with Gasteiger partial charge in [-0.05, 0) is 0 Å². The molecule has 0 aromatic heterocycles. The average Bonchev–Trinajstić information content (AvgIpc) is 2.12. The van der Waals surface area contributed by atoms with Gasteiger partial charge < -0.3 is 24.2 Å². The first-order valence-electron chi connectivity index (χ1n) is 5.69. The Labute approximate surface area is 111 Å². The van der Waals surface area contributed by atoms with Gasteiger partial charge in [-0.1, -0.05) is 6.08 Å². The molecule has 0 aliphatic carbocycles. The lowest BCUT2D eigenvalue weighted by Gasteiger charge is -2.29. The summed E-state index contributed by atoms with van der Waals surface area (Å²) in [6, 6.07) is 0. The third kappa shape index (κ3) is 11.0. The molecule has 0 aliphatic rings. The summed E-state index contributed by atoms with van der Waals surface area (Å²) in [5, 5.41) is 18.9. The van der Waals surface area contributed by atoms with Crippen molar-refractivity contribution in [1.29, 1.82) is 0 Å². The summed E-state index contributed by atoms with van der Waals surface area (Å²) in [5.74, 6) is -3.13. The third-order valence-corrected chi connectivity index (χ3v) is 1.99. The molecule has 19 heavy (non-hydrogen) atoms. The van der Waals surface area contributed by atoms with Crippen LogP contribution in [-0.4, -0.2) is 61.3 Å². The molecule has 0 rings (SSSR count). The summed E-state index contributed by atoms with van der Waals surface area (Å²) >= 11 is 0. The van der Waals surface area contributed by atoms with E-state index in [4.69, 9.17) is 9.84 Å². The summed E-state index contributed by atoms with van der Waals surface area (Å²) in [7, 11) is 5.50. The number of quaternary nitrogens is 1. The van der Waals surface area contributed by atoms with Crippen molar-refractivity contribution in [2.75, 3.05) is 27.7 Å². The van der Waals surface area contributed by atoms with E-state index in [9.17, 15) is 19.5 Å². The number of hydrogen-bond donors (Lipinski definition) is 1. The van der Waals surface area contributed by atoms with E-state index < -0.39 is 24.0 Å². The van der Waals surface area contributed by atoms with Gasteiger partial charge in [-0.2, -0.15) is 0 Å². The second-order valence-electron chi connectivity index (χ2n) is 5.11. The van der Waals surface area contributed by atoms with Gasteiger partial charge in [0.2, 0.25) is 0 Å². The maximum absolute atomic E-state index is 11.4. The van der Waals surface area contributed by atoms with E-state index >= 15 is 0 Å². The predicted molar refractivity (Wildman–Crippen MR) is 63.8 cm³/mol. The first kappa shape index (κ1) is 17.1. The molecule has 0 aromatic rings. The number of carbonyl (C=O) groups is 3. The highest BCUT2D eigenvalue weighted by Gasteiger charge is 2.21. The number of carboxylic acids is 2. The topological polar surface area (TPSA) is 104 Å². The second kappa shape index (κ2) is 7.52. The number of carboxylic acid groups (broad SMARTS) is 2. The van der Waals surface area contributed by atoms with Gasteiger partial charge in [-0.15, -0.1) is 0 Å². The van der Waals surface area contributed by atoms with Crippen LogP contribution in [0.2, 0.25) is 0 Å². The number of rotatable bonds is 8. The zero-order valence-electron chi connectivity index (χ0n) is 11.3. The Morgan fingerprint density at radius 1 is 1.32 bits per heavy atom. The lowest BCUT2D eigenvalue weighted by atomic mass is 10.2. The highest BCUT2D eigenvalue weighted by Crippen LogP contribution is 2.06. The lowest BCUT2D eigenvalue weighted by molar-refractivity contribution is -0.873. The zero-order chi connectivity index (χ0) is 15.1. The van der Waals surface area contributed by atoms with Crippen LogP contribution in [0.4, 0.5) is 0 Å². The van der Waals surface area contributed by atoms with E-state index in [2.05, 4.69) is 0 Å². The number of likely N-dealkylation sites (N-methyl/N-ethyl adjacent to an activating group) is 1. The Kier molecular flexibility index (Phi) is 6.78.